The second-order valence-electron chi connectivity index (χ2n) is 5.47. The average Bonchev–Trinajstić information content (AvgIpc) is 2.35. The van der Waals surface area contributed by atoms with Gasteiger partial charge in [0.1, 0.15) is 0 Å². The van der Waals surface area contributed by atoms with E-state index < -0.39 is 10.0 Å². The lowest BCUT2D eigenvalue weighted by molar-refractivity contribution is 0.180. The summed E-state index contributed by atoms with van der Waals surface area (Å²) >= 11 is 0. The molecule has 19 heavy (non-hydrogen) atoms. The van der Waals surface area contributed by atoms with Crippen LogP contribution in [0.5, 0.6) is 0 Å². The third kappa shape index (κ3) is 3.01. The molecular weight excluding hydrogens is 262 g/mol. The van der Waals surface area contributed by atoms with E-state index >= 15 is 0 Å². The van der Waals surface area contributed by atoms with Crippen LogP contribution < -0.4 is 15.8 Å². The Balaban J connectivity index is 2.11. The van der Waals surface area contributed by atoms with Gasteiger partial charge in [-0.05, 0) is 43.5 Å². The maximum Gasteiger partial charge on any atom is 0.240 e. The zero-order valence-corrected chi connectivity index (χ0v) is 12.2. The quantitative estimate of drug-likeness (QED) is 0.719. The van der Waals surface area contributed by atoms with Gasteiger partial charge in [0.25, 0.3) is 0 Å². The van der Waals surface area contributed by atoms with Crippen LogP contribution in [0.1, 0.15) is 26.2 Å². The highest BCUT2D eigenvalue weighted by atomic mass is 32.2. The van der Waals surface area contributed by atoms with E-state index in [1.54, 1.807) is 12.1 Å². The van der Waals surface area contributed by atoms with Crippen molar-refractivity contribution in [1.29, 1.82) is 0 Å². The lowest BCUT2D eigenvalue weighted by Gasteiger charge is -2.38. The predicted octanol–water partition coefficient (Wildman–Crippen LogP) is 1.78. The summed E-state index contributed by atoms with van der Waals surface area (Å²) in [7, 11) is -2.05. The van der Waals surface area contributed by atoms with E-state index in [0.29, 0.717) is 11.1 Å². The minimum Gasteiger partial charge on any atom is -0.397 e. The summed E-state index contributed by atoms with van der Waals surface area (Å²) < 4.78 is 25.6. The number of nitrogens with one attached hydrogen (secondary N) is 2. The first-order chi connectivity index (χ1) is 8.86. The van der Waals surface area contributed by atoms with Gasteiger partial charge < -0.3 is 11.1 Å². The van der Waals surface area contributed by atoms with Gasteiger partial charge in [0.15, 0.2) is 0 Å². The molecule has 0 radical (unpaired) electrons. The molecule has 0 saturated heterocycles. The first kappa shape index (κ1) is 14.1. The van der Waals surface area contributed by atoms with E-state index in [1.165, 1.54) is 32.4 Å². The Morgan fingerprint density at radius 3 is 2.53 bits per heavy atom. The summed E-state index contributed by atoms with van der Waals surface area (Å²) in [5.74, 6) is 0. The number of benzene rings is 1. The largest absolute Gasteiger partial charge is 0.397 e. The molecule has 5 nitrogen and oxygen atoms in total. The highest BCUT2D eigenvalue weighted by Gasteiger charge is 2.31. The monoisotopic (exact) mass is 283 g/mol. The molecule has 1 aromatic rings. The molecule has 1 aliphatic carbocycles. The SMILES string of the molecule is CNS(=O)(=O)c1ccc(NCC2(C)CCC2)c(N)c1. The standard InChI is InChI=1S/C13H21N3O2S/c1-13(6-3-7-13)9-16-12-5-4-10(8-11(12)14)19(17,18)15-2/h4-5,8,15-16H,3,6-7,9,14H2,1-2H3. The Kier molecular flexibility index (Phi) is 3.73. The van der Waals surface area contributed by atoms with Crippen molar-refractivity contribution in [3.8, 4) is 0 Å². The van der Waals surface area contributed by atoms with Crippen molar-refractivity contribution >= 4 is 21.4 Å². The van der Waals surface area contributed by atoms with Crippen LogP contribution in [0, 0.1) is 5.41 Å². The third-order valence-electron chi connectivity index (χ3n) is 3.87. The van der Waals surface area contributed by atoms with Gasteiger partial charge in [0.05, 0.1) is 16.3 Å². The Bertz CT molecular complexity index is 565. The molecule has 0 spiro atoms. The summed E-state index contributed by atoms with van der Waals surface area (Å²) in [6.45, 7) is 3.12. The summed E-state index contributed by atoms with van der Waals surface area (Å²) in [6, 6.07) is 4.77. The minimum atomic E-state index is -3.43. The van der Waals surface area contributed by atoms with Crippen LogP contribution in [-0.4, -0.2) is 22.0 Å². The Morgan fingerprint density at radius 1 is 1.37 bits per heavy atom. The molecule has 0 atom stereocenters. The molecule has 106 valence electrons. The number of sulfonamides is 1. The van der Waals surface area contributed by atoms with Crippen LogP contribution in [0.2, 0.25) is 0 Å². The topological polar surface area (TPSA) is 84.2 Å². The Hall–Kier alpha value is -1.27. The van der Waals surface area contributed by atoms with Crippen LogP contribution in [0.25, 0.3) is 0 Å². The van der Waals surface area contributed by atoms with Gasteiger partial charge in [-0.1, -0.05) is 13.3 Å². The fourth-order valence-corrected chi connectivity index (χ4v) is 3.02. The summed E-state index contributed by atoms with van der Waals surface area (Å²) in [4.78, 5) is 0.188. The maximum absolute atomic E-state index is 11.6. The minimum absolute atomic E-state index is 0.188. The highest BCUT2D eigenvalue weighted by Crippen LogP contribution is 2.40. The van der Waals surface area contributed by atoms with Gasteiger partial charge in [0, 0.05) is 6.54 Å². The van der Waals surface area contributed by atoms with Crippen molar-refractivity contribution in [1.82, 2.24) is 4.72 Å². The number of hydrogen-bond donors (Lipinski definition) is 3. The van der Waals surface area contributed by atoms with Crippen molar-refractivity contribution in [2.75, 3.05) is 24.6 Å². The summed E-state index contributed by atoms with van der Waals surface area (Å²) in [5, 5.41) is 3.31. The summed E-state index contributed by atoms with van der Waals surface area (Å²) in [6.07, 6.45) is 3.74. The molecule has 0 aliphatic heterocycles. The van der Waals surface area contributed by atoms with Crippen LogP contribution >= 0.6 is 0 Å². The molecule has 4 N–H and O–H groups in total. The fraction of sp³-hybridized carbons (Fsp3) is 0.538. The maximum atomic E-state index is 11.6. The molecule has 1 aromatic carbocycles. The number of rotatable bonds is 5. The summed E-state index contributed by atoms with van der Waals surface area (Å²) in [5.41, 5.74) is 7.51. The van der Waals surface area contributed by atoms with E-state index in [2.05, 4.69) is 17.0 Å². The molecule has 0 heterocycles. The smallest absolute Gasteiger partial charge is 0.240 e. The molecule has 1 saturated carbocycles. The van der Waals surface area contributed by atoms with Crippen LogP contribution in [0.15, 0.2) is 23.1 Å². The molecule has 0 amide bonds. The third-order valence-corrected chi connectivity index (χ3v) is 5.28. The first-order valence-corrected chi connectivity index (χ1v) is 7.92. The zero-order valence-electron chi connectivity index (χ0n) is 11.4. The van der Waals surface area contributed by atoms with Crippen LogP contribution in [-0.2, 0) is 10.0 Å². The van der Waals surface area contributed by atoms with Crippen molar-refractivity contribution in [2.24, 2.45) is 5.41 Å². The van der Waals surface area contributed by atoms with Crippen LogP contribution in [0.3, 0.4) is 0 Å². The zero-order chi connectivity index (χ0) is 14.1. The van der Waals surface area contributed by atoms with Gasteiger partial charge in [-0.25, -0.2) is 13.1 Å². The van der Waals surface area contributed by atoms with Gasteiger partial charge in [-0.2, -0.15) is 0 Å². The molecule has 0 unspecified atom stereocenters. The van der Waals surface area contributed by atoms with E-state index in [-0.39, 0.29) is 4.90 Å². The highest BCUT2D eigenvalue weighted by molar-refractivity contribution is 7.89. The second kappa shape index (κ2) is 5.02. The van der Waals surface area contributed by atoms with Gasteiger partial charge in [-0.15, -0.1) is 0 Å². The van der Waals surface area contributed by atoms with Gasteiger partial charge in [0.2, 0.25) is 10.0 Å². The first-order valence-electron chi connectivity index (χ1n) is 6.43. The predicted molar refractivity (Wildman–Crippen MR) is 77.5 cm³/mol. The van der Waals surface area contributed by atoms with Gasteiger partial charge >= 0.3 is 0 Å². The van der Waals surface area contributed by atoms with Gasteiger partial charge in [-0.3, -0.25) is 0 Å². The number of anilines is 2. The lowest BCUT2D eigenvalue weighted by Crippen LogP contribution is -2.33. The molecule has 0 aromatic heterocycles. The van der Waals surface area contributed by atoms with Crippen molar-refractivity contribution in [3.63, 3.8) is 0 Å². The Morgan fingerprint density at radius 2 is 2.05 bits per heavy atom. The van der Waals surface area contributed by atoms with Crippen molar-refractivity contribution in [3.05, 3.63) is 18.2 Å². The molecule has 1 aliphatic rings. The van der Waals surface area contributed by atoms with Crippen molar-refractivity contribution in [2.45, 2.75) is 31.1 Å². The van der Waals surface area contributed by atoms with Crippen molar-refractivity contribution < 1.29 is 8.42 Å². The van der Waals surface area contributed by atoms with E-state index in [1.807, 2.05) is 0 Å². The number of hydrogen-bond acceptors (Lipinski definition) is 4. The number of nitrogens with two attached hydrogens (primary N) is 1. The Labute approximate surface area is 114 Å². The molecule has 0 bridgehead atoms. The average molecular weight is 283 g/mol. The van der Waals surface area contributed by atoms with E-state index in [0.717, 1.165) is 12.2 Å². The molecular formula is C13H21N3O2S. The molecule has 2 rings (SSSR count). The molecule has 1 fully saturated rings. The van der Waals surface area contributed by atoms with E-state index in [9.17, 15) is 8.42 Å². The second-order valence-corrected chi connectivity index (χ2v) is 7.36. The van der Waals surface area contributed by atoms with Crippen LogP contribution in [0.4, 0.5) is 11.4 Å². The lowest BCUT2D eigenvalue weighted by atomic mass is 9.70. The normalized spacial score (nSPS) is 17.8. The number of nitrogen functional groups attached to an aromatic ring is 1. The molecule has 6 heteroatoms. The fourth-order valence-electron chi connectivity index (χ4n) is 2.25. The van der Waals surface area contributed by atoms with E-state index in [4.69, 9.17) is 5.73 Å².